The van der Waals surface area contributed by atoms with Gasteiger partial charge in [-0.1, -0.05) is 66.3 Å². The highest BCUT2D eigenvalue weighted by Crippen LogP contribution is 2.36. The molecule has 1 aliphatic heterocycles. The molecule has 3 nitrogen and oxygen atoms in total. The van der Waals surface area contributed by atoms with Gasteiger partial charge in [0, 0.05) is 5.56 Å². The van der Waals surface area contributed by atoms with Gasteiger partial charge in [-0.2, -0.15) is 0 Å². The summed E-state index contributed by atoms with van der Waals surface area (Å²) in [6, 6.07) is 21.0. The van der Waals surface area contributed by atoms with Crippen molar-refractivity contribution in [1.29, 1.82) is 0 Å². The van der Waals surface area contributed by atoms with Crippen LogP contribution in [0.5, 0.6) is 0 Å². The Kier molecular flexibility index (Phi) is 5.16. The summed E-state index contributed by atoms with van der Waals surface area (Å²) in [5, 5.41) is 0.550. The third kappa shape index (κ3) is 3.86. The molecule has 2 aromatic carbocycles. The summed E-state index contributed by atoms with van der Waals surface area (Å²) in [7, 11) is 0. The third-order valence-electron chi connectivity index (χ3n) is 4.10. The number of furan rings is 1. The number of halogens is 1. The van der Waals surface area contributed by atoms with Crippen molar-refractivity contribution in [2.75, 3.05) is 0 Å². The number of carbonyl (C=O) groups excluding carboxylic acids is 1. The van der Waals surface area contributed by atoms with E-state index in [0.29, 0.717) is 33.0 Å². The van der Waals surface area contributed by atoms with E-state index in [-0.39, 0.29) is 5.24 Å². The van der Waals surface area contributed by atoms with E-state index in [2.05, 4.69) is 0 Å². The van der Waals surface area contributed by atoms with Crippen molar-refractivity contribution in [3.05, 3.63) is 88.0 Å². The molecule has 27 heavy (non-hydrogen) atoms. The Morgan fingerprint density at radius 1 is 1.04 bits per heavy atom. The fraction of sp³-hybridized carbons (Fsp3) is 0.0476. The highest BCUT2D eigenvalue weighted by atomic mass is 35.5. The van der Waals surface area contributed by atoms with Crippen LogP contribution in [0.4, 0.5) is 4.79 Å². The summed E-state index contributed by atoms with van der Waals surface area (Å²) in [6.45, 7) is 0.464. The smallest absolute Gasteiger partial charge is 0.291 e. The van der Waals surface area contributed by atoms with Crippen LogP contribution < -0.4 is 0 Å². The van der Waals surface area contributed by atoms with Gasteiger partial charge in [-0.05, 0) is 47.7 Å². The first-order valence-corrected chi connectivity index (χ1v) is 9.86. The van der Waals surface area contributed by atoms with Gasteiger partial charge < -0.3 is 4.42 Å². The Morgan fingerprint density at radius 3 is 2.56 bits per heavy atom. The van der Waals surface area contributed by atoms with E-state index < -0.39 is 0 Å². The molecule has 0 bridgehead atoms. The average Bonchev–Trinajstić information content (AvgIpc) is 3.23. The SMILES string of the molecule is O=C1SC(=Cc2ccc(-c3ccccc3Cl)o2)C(=S)N1Cc1ccccc1. The standard InChI is InChI=1S/C21H14ClNO2S2/c22-17-9-5-4-8-16(17)18-11-10-15(25-18)12-19-20(26)23(21(24)27-19)13-14-6-2-1-3-7-14/h1-12H,13H2. The highest BCUT2D eigenvalue weighted by molar-refractivity contribution is 8.19. The van der Waals surface area contributed by atoms with E-state index in [1.54, 1.807) is 11.0 Å². The predicted molar refractivity (Wildman–Crippen MR) is 115 cm³/mol. The lowest BCUT2D eigenvalue weighted by Gasteiger charge is -2.14. The van der Waals surface area contributed by atoms with Crippen LogP contribution in [0.2, 0.25) is 5.02 Å². The maximum absolute atomic E-state index is 12.4. The fourth-order valence-corrected chi connectivity index (χ4v) is 4.21. The number of benzene rings is 2. The average molecular weight is 412 g/mol. The number of rotatable bonds is 4. The van der Waals surface area contributed by atoms with Crippen molar-refractivity contribution < 1.29 is 9.21 Å². The molecule has 0 saturated carbocycles. The first-order valence-electron chi connectivity index (χ1n) is 8.26. The minimum atomic E-state index is -0.0759. The van der Waals surface area contributed by atoms with Gasteiger partial charge in [0.2, 0.25) is 0 Å². The van der Waals surface area contributed by atoms with Crippen LogP contribution in [0, 0.1) is 0 Å². The second-order valence-electron chi connectivity index (χ2n) is 5.94. The Morgan fingerprint density at radius 2 is 1.78 bits per heavy atom. The summed E-state index contributed by atoms with van der Waals surface area (Å²) < 4.78 is 5.89. The Bertz CT molecular complexity index is 1040. The van der Waals surface area contributed by atoms with Gasteiger partial charge in [0.15, 0.2) is 0 Å². The first kappa shape index (κ1) is 18.0. The highest BCUT2D eigenvalue weighted by Gasteiger charge is 2.31. The van der Waals surface area contributed by atoms with Crippen molar-refractivity contribution in [3.8, 4) is 11.3 Å². The van der Waals surface area contributed by atoms with Gasteiger partial charge in [-0.15, -0.1) is 0 Å². The Hall–Kier alpha value is -2.34. The normalized spacial score (nSPS) is 15.7. The molecule has 0 N–H and O–H groups in total. The van der Waals surface area contributed by atoms with E-state index in [0.717, 1.165) is 22.9 Å². The number of thioether (sulfide) groups is 1. The molecule has 0 aliphatic carbocycles. The minimum absolute atomic E-state index is 0.0759. The van der Waals surface area contributed by atoms with Gasteiger partial charge in [0.1, 0.15) is 16.5 Å². The van der Waals surface area contributed by atoms with Gasteiger partial charge in [-0.25, -0.2) is 0 Å². The maximum atomic E-state index is 12.4. The van der Waals surface area contributed by atoms with Crippen LogP contribution in [0.15, 0.2) is 76.1 Å². The molecule has 1 aromatic heterocycles. The molecule has 1 fully saturated rings. The number of hydrogen-bond acceptors (Lipinski definition) is 4. The molecule has 0 spiro atoms. The summed E-state index contributed by atoms with van der Waals surface area (Å²) in [6.07, 6.45) is 1.80. The fourth-order valence-electron chi connectivity index (χ4n) is 2.77. The minimum Gasteiger partial charge on any atom is -0.457 e. The van der Waals surface area contributed by atoms with Gasteiger partial charge in [0.25, 0.3) is 5.24 Å². The molecule has 0 unspecified atom stereocenters. The lowest BCUT2D eigenvalue weighted by atomic mass is 10.2. The summed E-state index contributed by atoms with van der Waals surface area (Å²) >= 11 is 12.9. The number of hydrogen-bond donors (Lipinski definition) is 0. The molecule has 6 heteroatoms. The number of carbonyl (C=O) groups is 1. The van der Waals surface area contributed by atoms with Crippen LogP contribution in [0.3, 0.4) is 0 Å². The molecule has 1 aliphatic rings. The number of nitrogens with zero attached hydrogens (tertiary/aromatic N) is 1. The zero-order valence-corrected chi connectivity index (χ0v) is 16.5. The van der Waals surface area contributed by atoms with Crippen LogP contribution in [-0.2, 0) is 6.54 Å². The van der Waals surface area contributed by atoms with Crippen molar-refractivity contribution >= 4 is 51.9 Å². The van der Waals surface area contributed by atoms with E-state index >= 15 is 0 Å². The van der Waals surface area contributed by atoms with Crippen LogP contribution >= 0.6 is 35.6 Å². The second-order valence-corrected chi connectivity index (χ2v) is 7.72. The summed E-state index contributed by atoms with van der Waals surface area (Å²) in [5.74, 6) is 1.30. The second kappa shape index (κ2) is 7.72. The zero-order valence-electron chi connectivity index (χ0n) is 14.1. The predicted octanol–water partition coefficient (Wildman–Crippen LogP) is 6.64. The third-order valence-corrected chi connectivity index (χ3v) is 5.92. The molecule has 1 saturated heterocycles. The van der Waals surface area contributed by atoms with Crippen molar-refractivity contribution in [2.24, 2.45) is 0 Å². The van der Waals surface area contributed by atoms with Crippen molar-refractivity contribution in [2.45, 2.75) is 6.54 Å². The van der Waals surface area contributed by atoms with Crippen LogP contribution in [-0.4, -0.2) is 15.1 Å². The lowest BCUT2D eigenvalue weighted by molar-refractivity contribution is 0.244. The largest absolute Gasteiger partial charge is 0.457 e. The first-order chi connectivity index (χ1) is 13.1. The summed E-state index contributed by atoms with van der Waals surface area (Å²) in [4.78, 5) is 15.2. The van der Waals surface area contributed by atoms with E-state index in [1.165, 1.54) is 0 Å². The molecule has 0 atom stereocenters. The molecule has 3 aromatic rings. The van der Waals surface area contributed by atoms with Crippen molar-refractivity contribution in [3.63, 3.8) is 0 Å². The zero-order chi connectivity index (χ0) is 18.8. The molecule has 4 rings (SSSR count). The molecule has 1 amide bonds. The molecular formula is C21H14ClNO2S2. The lowest BCUT2D eigenvalue weighted by Crippen LogP contribution is -2.26. The van der Waals surface area contributed by atoms with E-state index in [1.807, 2.05) is 66.7 Å². The van der Waals surface area contributed by atoms with Crippen LogP contribution in [0.1, 0.15) is 11.3 Å². The molecular weight excluding hydrogens is 398 g/mol. The number of thiocarbonyl (C=S) groups is 1. The molecule has 134 valence electrons. The van der Waals surface area contributed by atoms with Gasteiger partial charge in [-0.3, -0.25) is 9.69 Å². The summed E-state index contributed by atoms with van der Waals surface area (Å²) in [5.41, 5.74) is 1.86. The van der Waals surface area contributed by atoms with Crippen LogP contribution in [0.25, 0.3) is 17.4 Å². The van der Waals surface area contributed by atoms with E-state index in [9.17, 15) is 4.79 Å². The monoisotopic (exact) mass is 411 g/mol. The maximum Gasteiger partial charge on any atom is 0.291 e. The van der Waals surface area contributed by atoms with E-state index in [4.69, 9.17) is 28.2 Å². The van der Waals surface area contributed by atoms with Crippen molar-refractivity contribution in [1.82, 2.24) is 4.90 Å². The quantitative estimate of drug-likeness (QED) is 0.356. The Balaban J connectivity index is 1.56. The molecule has 2 heterocycles. The topological polar surface area (TPSA) is 33.5 Å². The number of amides is 1. The van der Waals surface area contributed by atoms with Gasteiger partial charge in [0.05, 0.1) is 16.5 Å². The Labute approximate surface area is 171 Å². The molecule has 0 radical (unpaired) electrons. The van der Waals surface area contributed by atoms with Gasteiger partial charge >= 0.3 is 0 Å².